The first kappa shape index (κ1) is 12.4. The minimum absolute atomic E-state index is 0.0526. The summed E-state index contributed by atoms with van der Waals surface area (Å²) in [4.78, 5) is 12.0. The summed E-state index contributed by atoms with van der Waals surface area (Å²) in [5.74, 6) is 0.0939. The largest absolute Gasteiger partial charge is 0.452 e. The number of anilines is 1. The van der Waals surface area contributed by atoms with E-state index < -0.39 is 0 Å². The lowest BCUT2D eigenvalue weighted by molar-refractivity contribution is 0.102. The highest BCUT2D eigenvalue weighted by Gasteiger charge is 2.13. The number of tetrazole rings is 1. The van der Waals surface area contributed by atoms with Gasteiger partial charge in [0.05, 0.1) is 11.8 Å². The van der Waals surface area contributed by atoms with Gasteiger partial charge in [-0.1, -0.05) is 12.1 Å². The molecule has 0 saturated heterocycles. The third-order valence-electron chi connectivity index (χ3n) is 2.59. The first-order chi connectivity index (χ1) is 9.74. The maximum absolute atomic E-state index is 12.0. The molecule has 0 spiro atoms. The molecule has 2 N–H and O–H groups in total. The van der Waals surface area contributed by atoms with Gasteiger partial charge in [-0.15, -0.1) is 10.2 Å². The number of carbonyl (C=O) groups is 1. The fourth-order valence-corrected chi connectivity index (χ4v) is 1.87. The molecule has 7 nitrogen and oxygen atoms in total. The van der Waals surface area contributed by atoms with Gasteiger partial charge >= 0.3 is 0 Å². The van der Waals surface area contributed by atoms with Crippen molar-refractivity contribution in [2.24, 2.45) is 0 Å². The number of rotatable bonds is 3. The first-order valence-electron chi connectivity index (χ1n) is 5.62. The minimum atomic E-state index is -0.353. The van der Waals surface area contributed by atoms with Gasteiger partial charge in [0.15, 0.2) is 0 Å². The number of nitrogens with one attached hydrogen (secondary N) is 2. The van der Waals surface area contributed by atoms with Gasteiger partial charge in [0.1, 0.15) is 0 Å². The average molecular weight is 290 g/mol. The summed E-state index contributed by atoms with van der Waals surface area (Å²) in [6, 6.07) is 8.57. The zero-order valence-electron chi connectivity index (χ0n) is 10.0. The fourth-order valence-electron chi connectivity index (χ4n) is 1.67. The van der Waals surface area contributed by atoms with Crippen LogP contribution < -0.4 is 5.32 Å². The van der Waals surface area contributed by atoms with Gasteiger partial charge in [0.2, 0.25) is 11.0 Å². The van der Waals surface area contributed by atoms with Crippen molar-refractivity contribution in [1.82, 2.24) is 20.6 Å². The first-order valence-corrected chi connectivity index (χ1v) is 6.00. The van der Waals surface area contributed by atoms with E-state index in [0.717, 1.165) is 5.56 Å². The summed E-state index contributed by atoms with van der Waals surface area (Å²) in [5.41, 5.74) is 1.60. The van der Waals surface area contributed by atoms with E-state index in [1.165, 1.54) is 12.3 Å². The van der Waals surface area contributed by atoms with Gasteiger partial charge in [-0.3, -0.25) is 4.79 Å². The molecule has 0 bridgehead atoms. The lowest BCUT2D eigenvalue weighted by Gasteiger charge is -2.04. The lowest BCUT2D eigenvalue weighted by Crippen LogP contribution is -2.11. The Bertz CT molecular complexity index is 738. The molecule has 0 aliphatic heterocycles. The SMILES string of the molecule is O=C(Nc1cccc(-c2nn[nH]n2)c1)c1ccoc1Cl. The number of hydrogen-bond acceptors (Lipinski definition) is 5. The second-order valence-corrected chi connectivity index (χ2v) is 4.22. The number of benzene rings is 1. The van der Waals surface area contributed by atoms with E-state index >= 15 is 0 Å². The highest BCUT2D eigenvalue weighted by Crippen LogP contribution is 2.21. The van der Waals surface area contributed by atoms with Crippen molar-refractivity contribution in [3.05, 3.63) is 47.4 Å². The molecule has 0 aliphatic rings. The van der Waals surface area contributed by atoms with Gasteiger partial charge in [0, 0.05) is 11.3 Å². The number of furan rings is 1. The molecule has 0 aliphatic carbocycles. The van der Waals surface area contributed by atoms with Crippen LogP contribution in [0.5, 0.6) is 0 Å². The van der Waals surface area contributed by atoms with Crippen LogP contribution in [0.25, 0.3) is 11.4 Å². The highest BCUT2D eigenvalue weighted by molar-refractivity contribution is 6.32. The van der Waals surface area contributed by atoms with E-state index in [4.69, 9.17) is 16.0 Å². The molecule has 100 valence electrons. The predicted octanol–water partition coefficient (Wildman–Crippen LogP) is 2.37. The molecular formula is C12H8ClN5O2. The maximum atomic E-state index is 12.0. The quantitative estimate of drug-likeness (QED) is 0.771. The van der Waals surface area contributed by atoms with Gasteiger partial charge in [-0.2, -0.15) is 5.21 Å². The van der Waals surface area contributed by atoms with E-state index in [1.807, 2.05) is 6.07 Å². The monoisotopic (exact) mass is 289 g/mol. The molecule has 3 rings (SSSR count). The molecule has 1 amide bonds. The molecule has 0 radical (unpaired) electrons. The third kappa shape index (κ3) is 2.39. The molecule has 0 saturated carbocycles. The Morgan fingerprint density at radius 2 is 2.25 bits per heavy atom. The van der Waals surface area contributed by atoms with Crippen molar-refractivity contribution >= 4 is 23.2 Å². The zero-order valence-corrected chi connectivity index (χ0v) is 10.8. The summed E-state index contributed by atoms with van der Waals surface area (Å²) in [6.07, 6.45) is 1.35. The standard InChI is InChI=1S/C12H8ClN5O2/c13-10-9(4-5-20-10)12(19)14-8-3-1-2-7(6-8)11-15-17-18-16-11/h1-6H,(H,14,19)(H,15,16,17,18). The van der Waals surface area contributed by atoms with Crippen LogP contribution in [0.1, 0.15) is 10.4 Å². The van der Waals surface area contributed by atoms with Crippen LogP contribution in [0.15, 0.2) is 41.0 Å². The van der Waals surface area contributed by atoms with E-state index in [0.29, 0.717) is 11.5 Å². The minimum Gasteiger partial charge on any atom is -0.452 e. The normalized spacial score (nSPS) is 10.4. The molecule has 2 heterocycles. The summed E-state index contributed by atoms with van der Waals surface area (Å²) >= 11 is 5.75. The molecule has 8 heteroatoms. The van der Waals surface area contributed by atoms with Crippen LogP contribution in [0.3, 0.4) is 0 Å². The Morgan fingerprint density at radius 1 is 1.35 bits per heavy atom. The van der Waals surface area contributed by atoms with Gasteiger partial charge in [-0.05, 0) is 35.0 Å². The maximum Gasteiger partial charge on any atom is 0.260 e. The summed E-state index contributed by atoms with van der Waals surface area (Å²) in [6.45, 7) is 0. The fraction of sp³-hybridized carbons (Fsp3) is 0. The molecule has 0 atom stereocenters. The van der Waals surface area contributed by atoms with Gasteiger partial charge < -0.3 is 9.73 Å². The summed E-state index contributed by atoms with van der Waals surface area (Å²) in [7, 11) is 0. The number of hydrogen-bond donors (Lipinski definition) is 2. The van der Waals surface area contributed by atoms with Crippen molar-refractivity contribution in [3.63, 3.8) is 0 Å². The Balaban J connectivity index is 1.83. The molecule has 2 aromatic heterocycles. The van der Waals surface area contributed by atoms with Crippen molar-refractivity contribution in [2.45, 2.75) is 0 Å². The molecule has 1 aromatic carbocycles. The number of aromatic nitrogens is 4. The Morgan fingerprint density at radius 3 is 2.95 bits per heavy atom. The van der Waals surface area contributed by atoms with Crippen molar-refractivity contribution < 1.29 is 9.21 Å². The topological polar surface area (TPSA) is 96.7 Å². The number of amides is 1. The lowest BCUT2D eigenvalue weighted by atomic mass is 10.2. The Labute approximate surface area is 117 Å². The number of H-pyrrole nitrogens is 1. The average Bonchev–Trinajstić information content (AvgIpc) is 3.09. The second-order valence-electron chi connectivity index (χ2n) is 3.88. The molecular weight excluding hydrogens is 282 g/mol. The summed E-state index contributed by atoms with van der Waals surface area (Å²) in [5, 5.41) is 16.4. The summed E-state index contributed by atoms with van der Waals surface area (Å²) < 4.78 is 4.88. The highest BCUT2D eigenvalue weighted by atomic mass is 35.5. The van der Waals surface area contributed by atoms with Crippen LogP contribution in [0, 0.1) is 0 Å². The van der Waals surface area contributed by atoms with Gasteiger partial charge in [0.25, 0.3) is 5.91 Å². The van der Waals surface area contributed by atoms with Crippen LogP contribution in [-0.4, -0.2) is 26.5 Å². The number of carbonyl (C=O) groups excluding carboxylic acids is 1. The second kappa shape index (κ2) is 5.14. The van der Waals surface area contributed by atoms with Crippen LogP contribution in [0.4, 0.5) is 5.69 Å². The molecule has 3 aromatic rings. The number of halogens is 1. The van der Waals surface area contributed by atoms with E-state index in [1.54, 1.807) is 18.2 Å². The zero-order chi connectivity index (χ0) is 13.9. The van der Waals surface area contributed by atoms with Gasteiger partial charge in [-0.25, -0.2) is 0 Å². The smallest absolute Gasteiger partial charge is 0.260 e. The molecule has 20 heavy (non-hydrogen) atoms. The van der Waals surface area contributed by atoms with Crippen molar-refractivity contribution in [3.8, 4) is 11.4 Å². The van der Waals surface area contributed by atoms with Crippen LogP contribution >= 0.6 is 11.6 Å². The number of aromatic amines is 1. The predicted molar refractivity (Wildman–Crippen MR) is 71.3 cm³/mol. The van der Waals surface area contributed by atoms with E-state index in [2.05, 4.69) is 25.9 Å². The number of nitrogens with zero attached hydrogens (tertiary/aromatic N) is 3. The molecule has 0 fully saturated rings. The van der Waals surface area contributed by atoms with E-state index in [9.17, 15) is 4.79 Å². The van der Waals surface area contributed by atoms with Crippen molar-refractivity contribution in [2.75, 3.05) is 5.32 Å². The Kier molecular flexibility index (Phi) is 3.18. The van der Waals surface area contributed by atoms with Crippen LogP contribution in [0.2, 0.25) is 5.22 Å². The van der Waals surface area contributed by atoms with Crippen LogP contribution in [-0.2, 0) is 0 Å². The Hall–Kier alpha value is -2.67. The van der Waals surface area contributed by atoms with E-state index in [-0.39, 0.29) is 16.7 Å². The molecule has 0 unspecified atom stereocenters. The van der Waals surface area contributed by atoms with Crippen molar-refractivity contribution in [1.29, 1.82) is 0 Å². The third-order valence-corrected chi connectivity index (χ3v) is 2.88.